The van der Waals surface area contributed by atoms with Crippen LogP contribution >= 0.6 is 11.6 Å². The van der Waals surface area contributed by atoms with E-state index in [-0.39, 0.29) is 18.4 Å². The zero-order chi connectivity index (χ0) is 20.2. The van der Waals surface area contributed by atoms with Gasteiger partial charge in [0, 0.05) is 35.7 Å². The Morgan fingerprint density at radius 1 is 1.14 bits per heavy atom. The maximum absolute atomic E-state index is 12.4. The highest BCUT2D eigenvalue weighted by molar-refractivity contribution is 6.30. The van der Waals surface area contributed by atoms with Crippen molar-refractivity contribution in [3.05, 3.63) is 70.6 Å². The molecule has 2 amide bonds. The van der Waals surface area contributed by atoms with Crippen LogP contribution in [0.3, 0.4) is 0 Å². The summed E-state index contributed by atoms with van der Waals surface area (Å²) in [6.45, 7) is 1.50. The van der Waals surface area contributed by atoms with Crippen LogP contribution in [-0.4, -0.2) is 33.4 Å². The third-order valence-corrected chi connectivity index (χ3v) is 4.98. The van der Waals surface area contributed by atoms with Gasteiger partial charge in [-0.3, -0.25) is 9.59 Å². The minimum atomic E-state index is -0.236. The minimum Gasteiger partial charge on any atom is -0.343 e. The van der Waals surface area contributed by atoms with Gasteiger partial charge < -0.3 is 14.7 Å². The van der Waals surface area contributed by atoms with Crippen molar-refractivity contribution in [2.45, 2.75) is 25.9 Å². The molecule has 0 bridgehead atoms. The Morgan fingerprint density at radius 2 is 1.90 bits per heavy atom. The third-order valence-electron chi connectivity index (χ3n) is 4.73. The first-order valence-electron chi connectivity index (χ1n) is 9.32. The summed E-state index contributed by atoms with van der Waals surface area (Å²) in [5.41, 5.74) is 2.31. The highest BCUT2D eigenvalue weighted by Gasteiger charge is 2.20. The molecule has 4 rings (SSSR count). The Kier molecular flexibility index (Phi) is 5.57. The molecule has 7 nitrogen and oxygen atoms in total. The Bertz CT molecular complexity index is 1020. The molecule has 2 aromatic carbocycles. The second kappa shape index (κ2) is 8.45. The molecular weight excluding hydrogens is 392 g/mol. The van der Waals surface area contributed by atoms with E-state index in [2.05, 4.69) is 15.5 Å². The van der Waals surface area contributed by atoms with Crippen LogP contribution in [0, 0.1) is 0 Å². The number of halogens is 1. The predicted octanol–water partition coefficient (Wildman–Crippen LogP) is 3.44. The highest BCUT2D eigenvalue weighted by Crippen LogP contribution is 2.19. The molecule has 0 atom stereocenters. The van der Waals surface area contributed by atoms with Crippen LogP contribution in [-0.2, 0) is 17.9 Å². The molecule has 2 heterocycles. The highest BCUT2D eigenvalue weighted by atomic mass is 35.5. The van der Waals surface area contributed by atoms with Gasteiger partial charge in [0.2, 0.25) is 17.6 Å². The Labute approximate surface area is 172 Å². The van der Waals surface area contributed by atoms with Gasteiger partial charge in [0.05, 0.1) is 6.54 Å². The van der Waals surface area contributed by atoms with E-state index in [9.17, 15) is 9.59 Å². The van der Waals surface area contributed by atoms with Gasteiger partial charge >= 0.3 is 0 Å². The third kappa shape index (κ3) is 4.63. The zero-order valence-corrected chi connectivity index (χ0v) is 16.4. The van der Waals surface area contributed by atoms with Crippen molar-refractivity contribution in [2.24, 2.45) is 0 Å². The number of benzene rings is 2. The van der Waals surface area contributed by atoms with Gasteiger partial charge in [-0.2, -0.15) is 4.98 Å². The SMILES string of the molecule is O=C(NCc1nc(-c2ccc(Cl)cc2)no1)c1ccc(CN2CCCC2=O)cc1. The monoisotopic (exact) mass is 410 g/mol. The van der Waals surface area contributed by atoms with E-state index in [0.717, 1.165) is 24.1 Å². The summed E-state index contributed by atoms with van der Waals surface area (Å²) < 4.78 is 5.19. The topological polar surface area (TPSA) is 88.3 Å². The second-order valence-corrected chi connectivity index (χ2v) is 7.25. The van der Waals surface area contributed by atoms with Crippen molar-refractivity contribution in [3.8, 4) is 11.4 Å². The van der Waals surface area contributed by atoms with Gasteiger partial charge in [0.25, 0.3) is 5.91 Å². The second-order valence-electron chi connectivity index (χ2n) is 6.82. The number of hydrogen-bond acceptors (Lipinski definition) is 5. The van der Waals surface area contributed by atoms with E-state index >= 15 is 0 Å². The van der Waals surface area contributed by atoms with Crippen LogP contribution in [0.15, 0.2) is 53.1 Å². The normalized spacial score (nSPS) is 13.7. The number of nitrogens with one attached hydrogen (secondary N) is 1. The molecule has 1 aliphatic rings. The number of hydrogen-bond donors (Lipinski definition) is 1. The molecule has 0 aliphatic carbocycles. The Morgan fingerprint density at radius 3 is 2.59 bits per heavy atom. The molecule has 1 saturated heterocycles. The van der Waals surface area contributed by atoms with Gasteiger partial charge in [-0.1, -0.05) is 28.9 Å². The van der Waals surface area contributed by atoms with Crippen LogP contribution in [0.2, 0.25) is 5.02 Å². The van der Waals surface area contributed by atoms with Crippen LogP contribution in [0.1, 0.15) is 34.7 Å². The molecular formula is C21H19ClN4O3. The van der Waals surface area contributed by atoms with Crippen LogP contribution in [0.5, 0.6) is 0 Å². The summed E-state index contributed by atoms with van der Waals surface area (Å²) in [4.78, 5) is 30.2. The summed E-state index contributed by atoms with van der Waals surface area (Å²) in [5, 5.41) is 7.32. The summed E-state index contributed by atoms with van der Waals surface area (Å²) in [5.74, 6) is 0.698. The average molecular weight is 411 g/mol. The Balaban J connectivity index is 1.32. The molecule has 0 saturated carbocycles. The lowest BCUT2D eigenvalue weighted by Crippen LogP contribution is -2.24. The number of aromatic nitrogens is 2. The number of amides is 2. The van der Waals surface area contributed by atoms with Crippen LogP contribution in [0.4, 0.5) is 0 Å². The summed E-state index contributed by atoms with van der Waals surface area (Å²) in [7, 11) is 0. The smallest absolute Gasteiger partial charge is 0.251 e. The van der Waals surface area contributed by atoms with E-state index in [4.69, 9.17) is 16.1 Å². The van der Waals surface area contributed by atoms with Crippen molar-refractivity contribution in [1.29, 1.82) is 0 Å². The molecule has 0 radical (unpaired) electrons. The van der Waals surface area contributed by atoms with E-state index in [1.165, 1.54) is 0 Å². The molecule has 148 valence electrons. The Hall–Kier alpha value is -3.19. The molecule has 3 aromatic rings. The quantitative estimate of drug-likeness (QED) is 0.672. The largest absolute Gasteiger partial charge is 0.343 e. The first kappa shape index (κ1) is 19.1. The summed E-state index contributed by atoms with van der Waals surface area (Å²) in [6, 6.07) is 14.3. The van der Waals surface area contributed by atoms with E-state index in [1.54, 1.807) is 36.4 Å². The van der Waals surface area contributed by atoms with E-state index < -0.39 is 0 Å². The summed E-state index contributed by atoms with van der Waals surface area (Å²) in [6.07, 6.45) is 1.53. The van der Waals surface area contributed by atoms with Gasteiger partial charge in [-0.05, 0) is 48.4 Å². The number of nitrogens with zero attached hydrogens (tertiary/aromatic N) is 3. The molecule has 1 aliphatic heterocycles. The predicted molar refractivity (Wildman–Crippen MR) is 107 cm³/mol. The van der Waals surface area contributed by atoms with Gasteiger partial charge in [0.15, 0.2) is 0 Å². The van der Waals surface area contributed by atoms with E-state index in [1.807, 2.05) is 17.0 Å². The molecule has 29 heavy (non-hydrogen) atoms. The van der Waals surface area contributed by atoms with Gasteiger partial charge in [-0.15, -0.1) is 0 Å². The molecule has 0 unspecified atom stereocenters. The van der Waals surface area contributed by atoms with Crippen molar-refractivity contribution < 1.29 is 14.1 Å². The first-order chi connectivity index (χ1) is 14.1. The fraction of sp³-hybridized carbons (Fsp3) is 0.238. The standard InChI is InChI=1S/C21H19ClN4O3/c22-17-9-7-15(8-10-17)20-24-18(29-25-20)12-23-21(28)16-5-3-14(4-6-16)13-26-11-1-2-19(26)27/h3-10H,1-2,11-13H2,(H,23,28). The average Bonchev–Trinajstić information content (AvgIpc) is 3.37. The number of carbonyl (C=O) groups excluding carboxylic acids is 2. The zero-order valence-electron chi connectivity index (χ0n) is 15.6. The fourth-order valence-corrected chi connectivity index (χ4v) is 3.28. The van der Waals surface area contributed by atoms with Crippen molar-refractivity contribution in [2.75, 3.05) is 6.54 Å². The maximum Gasteiger partial charge on any atom is 0.251 e. The minimum absolute atomic E-state index is 0.128. The lowest BCUT2D eigenvalue weighted by Gasteiger charge is -2.15. The van der Waals surface area contributed by atoms with Gasteiger partial charge in [0.1, 0.15) is 0 Å². The van der Waals surface area contributed by atoms with Crippen molar-refractivity contribution in [3.63, 3.8) is 0 Å². The maximum atomic E-state index is 12.4. The number of likely N-dealkylation sites (tertiary alicyclic amines) is 1. The fourth-order valence-electron chi connectivity index (χ4n) is 3.15. The van der Waals surface area contributed by atoms with E-state index in [0.29, 0.717) is 35.3 Å². The van der Waals surface area contributed by atoms with Gasteiger partial charge in [-0.25, -0.2) is 0 Å². The summed E-state index contributed by atoms with van der Waals surface area (Å²) >= 11 is 5.88. The number of rotatable bonds is 6. The molecule has 1 aromatic heterocycles. The first-order valence-corrected chi connectivity index (χ1v) is 9.70. The molecule has 8 heteroatoms. The van der Waals surface area contributed by atoms with Crippen molar-refractivity contribution in [1.82, 2.24) is 20.4 Å². The van der Waals surface area contributed by atoms with Crippen LogP contribution in [0.25, 0.3) is 11.4 Å². The molecule has 0 spiro atoms. The van der Waals surface area contributed by atoms with Crippen LogP contribution < -0.4 is 5.32 Å². The molecule has 1 fully saturated rings. The lowest BCUT2D eigenvalue weighted by molar-refractivity contribution is -0.128. The lowest BCUT2D eigenvalue weighted by atomic mass is 10.1. The molecule has 1 N–H and O–H groups in total. The number of carbonyl (C=O) groups is 2. The van der Waals surface area contributed by atoms with Crippen molar-refractivity contribution >= 4 is 23.4 Å².